The molecule has 1 unspecified atom stereocenters. The molecular formula is C25H30FN3O2S. The highest BCUT2D eigenvalue weighted by molar-refractivity contribution is 7.98. The molecule has 1 saturated carbocycles. The predicted octanol–water partition coefficient (Wildman–Crippen LogP) is 4.94. The molecule has 1 atom stereocenters. The number of halogens is 1. The molecule has 0 aromatic heterocycles. The molecule has 5 rings (SSSR count). The van der Waals surface area contributed by atoms with Gasteiger partial charge in [-0.05, 0) is 72.0 Å². The zero-order valence-corrected chi connectivity index (χ0v) is 19.4. The first kappa shape index (κ1) is 21.6. The highest BCUT2D eigenvalue weighted by atomic mass is 32.2. The van der Waals surface area contributed by atoms with Crippen LogP contribution in [-0.4, -0.2) is 37.5 Å². The third-order valence-corrected chi connectivity index (χ3v) is 7.70. The van der Waals surface area contributed by atoms with Crippen LogP contribution in [0.25, 0.3) is 0 Å². The van der Waals surface area contributed by atoms with E-state index in [4.69, 9.17) is 4.74 Å². The third-order valence-electron chi connectivity index (χ3n) is 6.60. The number of ether oxygens (including phenoxy) is 1. The highest BCUT2D eigenvalue weighted by Crippen LogP contribution is 2.46. The summed E-state index contributed by atoms with van der Waals surface area (Å²) in [6.45, 7) is 7.67. The summed E-state index contributed by atoms with van der Waals surface area (Å²) in [6, 6.07) is 11.5. The second-order valence-electron chi connectivity index (χ2n) is 9.66. The molecule has 0 radical (unpaired) electrons. The molecule has 7 heteroatoms. The van der Waals surface area contributed by atoms with E-state index in [1.165, 1.54) is 35.3 Å². The fourth-order valence-corrected chi connectivity index (χ4v) is 5.46. The van der Waals surface area contributed by atoms with Crippen LogP contribution in [0.2, 0.25) is 0 Å². The second kappa shape index (κ2) is 8.60. The fraction of sp³-hybridized carbons (Fsp3) is 0.480. The highest BCUT2D eigenvalue weighted by Gasteiger charge is 2.38. The lowest BCUT2D eigenvalue weighted by atomic mass is 9.72. The van der Waals surface area contributed by atoms with Gasteiger partial charge in [-0.3, -0.25) is 9.52 Å². The zero-order chi connectivity index (χ0) is 22.3. The van der Waals surface area contributed by atoms with E-state index in [0.717, 1.165) is 44.7 Å². The number of fused-ring (bicyclic) bond motifs is 1. The first-order valence-corrected chi connectivity index (χ1v) is 12.3. The van der Waals surface area contributed by atoms with Crippen molar-refractivity contribution >= 4 is 29.2 Å². The van der Waals surface area contributed by atoms with Crippen LogP contribution in [-0.2, 0) is 11.2 Å². The molecule has 2 aliphatic heterocycles. The number of hydrogen-bond acceptors (Lipinski definition) is 5. The Hall–Kier alpha value is -2.25. The van der Waals surface area contributed by atoms with Gasteiger partial charge >= 0.3 is 0 Å². The number of nitrogens with one attached hydrogen (secondary N) is 2. The Labute approximate surface area is 193 Å². The Morgan fingerprint density at radius 2 is 2.00 bits per heavy atom. The maximum absolute atomic E-state index is 14.5. The molecular weight excluding hydrogens is 425 g/mol. The van der Waals surface area contributed by atoms with Crippen LogP contribution in [0.3, 0.4) is 0 Å². The van der Waals surface area contributed by atoms with Crippen molar-refractivity contribution in [3.63, 3.8) is 0 Å². The minimum absolute atomic E-state index is 0.00883. The average Bonchev–Trinajstić information content (AvgIpc) is 3.62. The molecule has 1 amide bonds. The summed E-state index contributed by atoms with van der Waals surface area (Å²) < 4.78 is 22.9. The van der Waals surface area contributed by atoms with Crippen molar-refractivity contribution in [2.24, 2.45) is 5.41 Å². The lowest BCUT2D eigenvalue weighted by Crippen LogP contribution is -2.38. The Bertz CT molecular complexity index is 1020. The molecule has 2 aromatic rings. The molecule has 2 fully saturated rings. The largest absolute Gasteiger partial charge is 0.378 e. The normalized spacial score (nSPS) is 22.1. The zero-order valence-electron chi connectivity index (χ0n) is 18.6. The van der Waals surface area contributed by atoms with Gasteiger partial charge in [-0.1, -0.05) is 26.0 Å². The summed E-state index contributed by atoms with van der Waals surface area (Å²) >= 11 is 1.46. The molecule has 5 nitrogen and oxygen atoms in total. The summed E-state index contributed by atoms with van der Waals surface area (Å²) in [7, 11) is 0. The lowest BCUT2D eigenvalue weighted by molar-refractivity contribution is 0.0982. The van der Waals surface area contributed by atoms with Crippen molar-refractivity contribution in [3.8, 4) is 0 Å². The van der Waals surface area contributed by atoms with Crippen LogP contribution in [0.1, 0.15) is 54.2 Å². The molecule has 2 aromatic carbocycles. The van der Waals surface area contributed by atoms with E-state index < -0.39 is 5.82 Å². The van der Waals surface area contributed by atoms with Gasteiger partial charge in [0.1, 0.15) is 5.82 Å². The summed E-state index contributed by atoms with van der Waals surface area (Å²) in [5.41, 5.74) is 4.25. The molecule has 0 spiro atoms. The minimum Gasteiger partial charge on any atom is -0.378 e. The number of benzene rings is 2. The van der Waals surface area contributed by atoms with Crippen molar-refractivity contribution in [2.75, 3.05) is 36.5 Å². The van der Waals surface area contributed by atoms with E-state index in [1.807, 2.05) is 0 Å². The molecule has 32 heavy (non-hydrogen) atoms. The Kier molecular flexibility index (Phi) is 5.80. The quantitative estimate of drug-likeness (QED) is 0.626. The van der Waals surface area contributed by atoms with Crippen molar-refractivity contribution in [1.82, 2.24) is 4.72 Å². The van der Waals surface area contributed by atoms with E-state index in [0.29, 0.717) is 22.9 Å². The van der Waals surface area contributed by atoms with Crippen LogP contribution in [0, 0.1) is 11.2 Å². The SMILES string of the molecule is CC1(C)Cc2c(cc(F)cc2C(=O)NSC2CC2)NC1c1cccc(N2CCOCC2)c1. The fourth-order valence-electron chi connectivity index (χ4n) is 4.70. The standard InChI is InChI=1S/C25H30FN3O2S/c1-25(2)15-21-20(24(30)28-32-19-6-7-19)13-17(26)14-22(21)27-23(25)16-4-3-5-18(12-16)29-8-10-31-11-9-29/h3-5,12-14,19,23,27H,6-11,15H2,1-2H3,(H,28,30). The molecule has 2 N–H and O–H groups in total. The number of carbonyl (C=O) groups excluding carboxylic acids is 1. The minimum atomic E-state index is -0.390. The van der Waals surface area contributed by atoms with Crippen LogP contribution in [0.4, 0.5) is 15.8 Å². The van der Waals surface area contributed by atoms with Gasteiger partial charge in [0.15, 0.2) is 0 Å². The van der Waals surface area contributed by atoms with Gasteiger partial charge in [0.25, 0.3) is 5.91 Å². The number of morpholine rings is 1. The van der Waals surface area contributed by atoms with Crippen LogP contribution < -0.4 is 14.9 Å². The monoisotopic (exact) mass is 455 g/mol. The molecule has 0 bridgehead atoms. The van der Waals surface area contributed by atoms with Crippen LogP contribution >= 0.6 is 11.9 Å². The van der Waals surface area contributed by atoms with Gasteiger partial charge in [-0.2, -0.15) is 0 Å². The summed E-state index contributed by atoms with van der Waals surface area (Å²) in [4.78, 5) is 15.2. The molecule has 1 aliphatic carbocycles. The van der Waals surface area contributed by atoms with E-state index in [-0.39, 0.29) is 17.4 Å². The Morgan fingerprint density at radius 3 is 2.75 bits per heavy atom. The first-order chi connectivity index (χ1) is 15.4. The summed E-state index contributed by atoms with van der Waals surface area (Å²) in [5.74, 6) is -0.596. The number of carbonyl (C=O) groups is 1. The number of amides is 1. The number of nitrogens with zero attached hydrogens (tertiary/aromatic N) is 1. The van der Waals surface area contributed by atoms with Crippen molar-refractivity contribution in [1.29, 1.82) is 0 Å². The number of rotatable bonds is 5. The second-order valence-corrected chi connectivity index (χ2v) is 10.8. The van der Waals surface area contributed by atoms with Gasteiger partial charge in [0, 0.05) is 35.3 Å². The topological polar surface area (TPSA) is 53.6 Å². The van der Waals surface area contributed by atoms with E-state index in [2.05, 4.69) is 53.1 Å². The Morgan fingerprint density at radius 1 is 1.22 bits per heavy atom. The van der Waals surface area contributed by atoms with Crippen LogP contribution in [0.15, 0.2) is 36.4 Å². The third kappa shape index (κ3) is 4.46. The first-order valence-electron chi connectivity index (χ1n) is 11.4. The van der Waals surface area contributed by atoms with E-state index in [9.17, 15) is 9.18 Å². The van der Waals surface area contributed by atoms with Gasteiger partial charge in [-0.15, -0.1) is 0 Å². The maximum atomic E-state index is 14.5. The van der Waals surface area contributed by atoms with Gasteiger partial charge < -0.3 is 15.0 Å². The number of anilines is 2. The van der Waals surface area contributed by atoms with E-state index >= 15 is 0 Å². The van der Waals surface area contributed by atoms with Crippen molar-refractivity contribution < 1.29 is 13.9 Å². The van der Waals surface area contributed by atoms with E-state index in [1.54, 1.807) is 0 Å². The predicted molar refractivity (Wildman–Crippen MR) is 128 cm³/mol. The lowest BCUT2D eigenvalue weighted by Gasteiger charge is -2.42. The van der Waals surface area contributed by atoms with Gasteiger partial charge in [0.2, 0.25) is 0 Å². The Balaban J connectivity index is 1.44. The molecule has 1 saturated heterocycles. The number of hydrogen-bond donors (Lipinski definition) is 2. The molecule has 2 heterocycles. The molecule has 170 valence electrons. The van der Waals surface area contributed by atoms with Crippen molar-refractivity contribution in [3.05, 3.63) is 58.9 Å². The van der Waals surface area contributed by atoms with Gasteiger partial charge in [0.05, 0.1) is 19.3 Å². The smallest absolute Gasteiger partial charge is 0.261 e. The van der Waals surface area contributed by atoms with Crippen molar-refractivity contribution in [2.45, 2.75) is 44.4 Å². The average molecular weight is 456 g/mol. The van der Waals surface area contributed by atoms with Gasteiger partial charge in [-0.25, -0.2) is 4.39 Å². The summed E-state index contributed by atoms with van der Waals surface area (Å²) in [6.07, 6.45) is 2.96. The molecule has 3 aliphatic rings. The summed E-state index contributed by atoms with van der Waals surface area (Å²) in [5, 5.41) is 4.08. The van der Waals surface area contributed by atoms with Crippen LogP contribution in [0.5, 0.6) is 0 Å². The maximum Gasteiger partial charge on any atom is 0.261 e.